The van der Waals surface area contributed by atoms with Crippen LogP contribution in [0.3, 0.4) is 0 Å². The van der Waals surface area contributed by atoms with Crippen molar-refractivity contribution >= 4 is 9.84 Å². The molecule has 0 heterocycles. The van der Waals surface area contributed by atoms with Gasteiger partial charge in [-0.1, -0.05) is 20.8 Å². The molecule has 0 amide bonds. The van der Waals surface area contributed by atoms with E-state index in [0.29, 0.717) is 6.42 Å². The van der Waals surface area contributed by atoms with Crippen molar-refractivity contribution in [1.82, 2.24) is 4.90 Å². The van der Waals surface area contributed by atoms with Gasteiger partial charge >= 0.3 is 0 Å². The molecule has 4 nitrogen and oxygen atoms in total. The number of nitrogens with zero attached hydrogens (tertiary/aromatic N) is 1. The molecule has 0 saturated heterocycles. The van der Waals surface area contributed by atoms with Gasteiger partial charge in [-0.2, -0.15) is 0 Å². The fourth-order valence-corrected chi connectivity index (χ4v) is 3.00. The van der Waals surface area contributed by atoms with Crippen LogP contribution in [0.15, 0.2) is 0 Å². The molecule has 2 atom stereocenters. The van der Waals surface area contributed by atoms with Gasteiger partial charge in [0.1, 0.15) is 9.84 Å². The molecule has 0 aliphatic heterocycles. The highest BCUT2D eigenvalue weighted by Crippen LogP contribution is 2.24. The summed E-state index contributed by atoms with van der Waals surface area (Å²) < 4.78 is 22.4. The van der Waals surface area contributed by atoms with Gasteiger partial charge in [-0.25, -0.2) is 8.42 Å². The van der Waals surface area contributed by atoms with Crippen molar-refractivity contribution in [3.05, 3.63) is 0 Å². The van der Waals surface area contributed by atoms with Crippen molar-refractivity contribution in [3.63, 3.8) is 0 Å². The third kappa shape index (κ3) is 4.94. The molecule has 0 aromatic carbocycles. The van der Waals surface area contributed by atoms with Gasteiger partial charge in [-0.15, -0.1) is 0 Å². The lowest BCUT2D eigenvalue weighted by Crippen LogP contribution is -2.58. The van der Waals surface area contributed by atoms with Crippen molar-refractivity contribution in [2.45, 2.75) is 52.1 Å². The number of sulfone groups is 1. The van der Waals surface area contributed by atoms with Gasteiger partial charge in [0.25, 0.3) is 0 Å². The lowest BCUT2D eigenvalue weighted by molar-refractivity contribution is 0.0834. The molecule has 0 rings (SSSR count). The van der Waals surface area contributed by atoms with Crippen LogP contribution < -0.4 is 5.73 Å². The van der Waals surface area contributed by atoms with Crippen LogP contribution in [0, 0.1) is 0 Å². The average Bonchev–Trinajstić information content (AvgIpc) is 2.25. The molecule has 17 heavy (non-hydrogen) atoms. The Bertz CT molecular complexity index is 312. The number of likely N-dealkylation sites (N-methyl/N-ethyl adjacent to an activating group) is 1. The van der Waals surface area contributed by atoms with Crippen LogP contribution in [-0.2, 0) is 9.84 Å². The number of hydrogen-bond acceptors (Lipinski definition) is 4. The lowest BCUT2D eigenvalue weighted by atomic mass is 9.86. The van der Waals surface area contributed by atoms with E-state index in [-0.39, 0.29) is 17.3 Å². The maximum absolute atomic E-state index is 11.2. The van der Waals surface area contributed by atoms with E-state index in [9.17, 15) is 8.42 Å². The van der Waals surface area contributed by atoms with Gasteiger partial charge < -0.3 is 5.73 Å². The van der Waals surface area contributed by atoms with Crippen LogP contribution in [0.2, 0.25) is 0 Å². The zero-order valence-electron chi connectivity index (χ0n) is 11.9. The number of rotatable bonds is 8. The summed E-state index contributed by atoms with van der Waals surface area (Å²) in [5.74, 6) is 0.172. The van der Waals surface area contributed by atoms with Gasteiger partial charge in [0.05, 0.1) is 5.75 Å². The molecule has 0 aromatic heterocycles. The molecule has 5 heteroatoms. The molecule has 2 unspecified atom stereocenters. The molecule has 0 aliphatic carbocycles. The smallest absolute Gasteiger partial charge is 0.147 e. The van der Waals surface area contributed by atoms with Crippen LogP contribution in [-0.4, -0.2) is 50.0 Å². The first-order chi connectivity index (χ1) is 7.71. The van der Waals surface area contributed by atoms with Crippen LogP contribution in [0.4, 0.5) is 0 Å². The number of nitrogens with two attached hydrogens (primary N) is 1. The summed E-state index contributed by atoms with van der Waals surface area (Å²) >= 11 is 0. The minimum atomic E-state index is -2.93. The molecule has 0 fully saturated rings. The predicted octanol–water partition coefficient (Wildman–Crippen LogP) is 1.26. The molecule has 0 saturated carbocycles. The quantitative estimate of drug-likeness (QED) is 0.717. The maximum Gasteiger partial charge on any atom is 0.147 e. The predicted molar refractivity (Wildman–Crippen MR) is 73.9 cm³/mol. The van der Waals surface area contributed by atoms with Crippen LogP contribution in [0.1, 0.15) is 40.5 Å². The van der Waals surface area contributed by atoms with E-state index in [0.717, 1.165) is 19.5 Å². The largest absolute Gasteiger partial charge is 0.326 e. The first-order valence-corrected chi connectivity index (χ1v) is 8.45. The number of hydrogen-bond donors (Lipinski definition) is 1. The van der Waals surface area contributed by atoms with Crippen molar-refractivity contribution in [2.75, 3.05) is 25.1 Å². The van der Waals surface area contributed by atoms with E-state index in [1.807, 2.05) is 0 Å². The summed E-state index contributed by atoms with van der Waals surface area (Å²) in [6.07, 6.45) is 2.72. The minimum absolute atomic E-state index is 0.109. The maximum atomic E-state index is 11.2. The van der Waals surface area contributed by atoms with E-state index in [4.69, 9.17) is 5.73 Å². The molecule has 0 radical (unpaired) electrons. The Kier molecular flexibility index (Phi) is 6.66. The molecule has 0 aliphatic rings. The Morgan fingerprint density at radius 3 is 2.00 bits per heavy atom. The van der Waals surface area contributed by atoms with Crippen LogP contribution in [0.5, 0.6) is 0 Å². The summed E-state index contributed by atoms with van der Waals surface area (Å²) in [5, 5.41) is 0. The van der Waals surface area contributed by atoms with E-state index in [1.165, 1.54) is 6.26 Å². The molecule has 0 aromatic rings. The van der Waals surface area contributed by atoms with Crippen molar-refractivity contribution in [1.29, 1.82) is 0 Å². The van der Waals surface area contributed by atoms with Gasteiger partial charge in [0.15, 0.2) is 0 Å². The minimum Gasteiger partial charge on any atom is -0.326 e. The first-order valence-electron chi connectivity index (χ1n) is 6.39. The lowest BCUT2D eigenvalue weighted by Gasteiger charge is -2.44. The van der Waals surface area contributed by atoms with Crippen molar-refractivity contribution in [3.8, 4) is 0 Å². The topological polar surface area (TPSA) is 63.4 Å². The second-order valence-corrected chi connectivity index (χ2v) is 7.17. The Labute approximate surface area is 106 Å². The highest BCUT2D eigenvalue weighted by Gasteiger charge is 2.34. The van der Waals surface area contributed by atoms with Crippen LogP contribution >= 0.6 is 0 Å². The molecule has 2 N–H and O–H groups in total. The van der Waals surface area contributed by atoms with E-state index >= 15 is 0 Å². The fraction of sp³-hybridized carbons (Fsp3) is 1.00. The Morgan fingerprint density at radius 1 is 1.24 bits per heavy atom. The molecule has 0 spiro atoms. The summed E-state index contributed by atoms with van der Waals surface area (Å²) in [6, 6.07) is -0.109. The summed E-state index contributed by atoms with van der Waals surface area (Å²) in [4.78, 5) is 2.32. The third-order valence-corrected chi connectivity index (χ3v) is 4.78. The van der Waals surface area contributed by atoms with Crippen molar-refractivity contribution in [2.24, 2.45) is 5.73 Å². The zero-order valence-corrected chi connectivity index (χ0v) is 12.7. The monoisotopic (exact) mass is 264 g/mol. The van der Waals surface area contributed by atoms with Gasteiger partial charge in [0.2, 0.25) is 0 Å². The average molecular weight is 264 g/mol. The summed E-state index contributed by atoms with van der Waals surface area (Å²) in [7, 11) is -2.93. The van der Waals surface area contributed by atoms with E-state index < -0.39 is 9.84 Å². The van der Waals surface area contributed by atoms with E-state index in [2.05, 4.69) is 32.6 Å². The van der Waals surface area contributed by atoms with Crippen molar-refractivity contribution < 1.29 is 8.42 Å². The molecule has 0 bridgehead atoms. The molecular formula is C12H28N2O2S. The van der Waals surface area contributed by atoms with Gasteiger partial charge in [-0.3, -0.25) is 4.90 Å². The summed E-state index contributed by atoms with van der Waals surface area (Å²) in [5.41, 5.74) is 6.10. The Morgan fingerprint density at radius 2 is 1.71 bits per heavy atom. The second-order valence-electron chi connectivity index (χ2n) is 4.91. The van der Waals surface area contributed by atoms with Gasteiger partial charge in [0, 0.05) is 17.8 Å². The van der Waals surface area contributed by atoms with Crippen LogP contribution in [0.25, 0.3) is 0 Å². The normalized spacial score (nSPS) is 18.1. The Hall–Kier alpha value is -0.130. The first kappa shape index (κ1) is 16.9. The summed E-state index contributed by atoms with van der Waals surface area (Å²) in [6.45, 7) is 10.3. The zero-order chi connectivity index (χ0) is 13.7. The fourth-order valence-electron chi connectivity index (χ4n) is 2.32. The Balaban J connectivity index is 4.73. The second kappa shape index (κ2) is 6.71. The highest BCUT2D eigenvalue weighted by molar-refractivity contribution is 7.90. The standard InChI is InChI=1S/C12H28N2O2S/c1-6-12(4,14(7-2)8-3)11(13)9-10-17(5,15)16/h11H,6-10,13H2,1-5H3. The van der Waals surface area contributed by atoms with Gasteiger partial charge in [-0.05, 0) is 32.9 Å². The highest BCUT2D eigenvalue weighted by atomic mass is 32.2. The third-order valence-electron chi connectivity index (χ3n) is 3.80. The van der Waals surface area contributed by atoms with E-state index in [1.54, 1.807) is 0 Å². The SMILES string of the molecule is CCN(CC)C(C)(CC)C(N)CCS(C)(=O)=O. The molecular weight excluding hydrogens is 236 g/mol. The molecule has 104 valence electrons.